The van der Waals surface area contributed by atoms with Gasteiger partial charge in [0.15, 0.2) is 0 Å². The predicted octanol–water partition coefficient (Wildman–Crippen LogP) is 2.48. The van der Waals surface area contributed by atoms with Crippen LogP contribution in [0.4, 0.5) is 0 Å². The Morgan fingerprint density at radius 3 is 2.61 bits per heavy atom. The highest BCUT2D eigenvalue weighted by Crippen LogP contribution is 2.39. The second-order valence-corrected chi connectivity index (χ2v) is 8.37. The number of aromatic nitrogens is 1. The zero-order chi connectivity index (χ0) is 22.8. The number of nitrogens with two attached hydrogens (primary N) is 1. The van der Waals surface area contributed by atoms with Crippen LogP contribution < -0.4 is 11.1 Å². The molecule has 0 spiro atoms. The summed E-state index contributed by atoms with van der Waals surface area (Å²) in [4.78, 5) is 32.1. The van der Waals surface area contributed by atoms with Crippen molar-refractivity contribution in [2.45, 2.75) is 6.42 Å². The molecule has 0 bridgehead atoms. The first-order valence-electron chi connectivity index (χ1n) is 11.2. The summed E-state index contributed by atoms with van der Waals surface area (Å²) in [6.45, 7) is 4.67. The van der Waals surface area contributed by atoms with Crippen LogP contribution in [0.3, 0.4) is 0 Å². The minimum atomic E-state index is -0.472. The summed E-state index contributed by atoms with van der Waals surface area (Å²) in [5, 5.41) is 3.01. The van der Waals surface area contributed by atoms with Gasteiger partial charge in [0.05, 0.1) is 24.6 Å². The van der Waals surface area contributed by atoms with Gasteiger partial charge in [0.25, 0.3) is 5.91 Å². The summed E-state index contributed by atoms with van der Waals surface area (Å²) in [5.74, 6) is -0.574. The Bertz CT molecular complexity index is 1200. The molecule has 2 amide bonds. The van der Waals surface area contributed by atoms with E-state index >= 15 is 0 Å². The molecule has 5 rings (SSSR count). The molecule has 7 nitrogen and oxygen atoms in total. The van der Waals surface area contributed by atoms with Gasteiger partial charge in [-0.1, -0.05) is 36.4 Å². The van der Waals surface area contributed by atoms with Crippen LogP contribution in [-0.2, 0) is 11.2 Å². The normalized spacial score (nSPS) is 15.0. The lowest BCUT2D eigenvalue weighted by atomic mass is 10.0. The molecule has 33 heavy (non-hydrogen) atoms. The molecule has 0 saturated carbocycles. The second kappa shape index (κ2) is 9.13. The van der Waals surface area contributed by atoms with Crippen LogP contribution in [0.5, 0.6) is 0 Å². The first-order chi connectivity index (χ1) is 16.1. The maximum absolute atomic E-state index is 12.7. The van der Waals surface area contributed by atoms with Crippen molar-refractivity contribution in [2.24, 2.45) is 5.73 Å². The fraction of sp³-hybridized carbons (Fsp3) is 0.269. The largest absolute Gasteiger partial charge is 0.379 e. The number of hydrogen-bond acceptors (Lipinski definition) is 5. The van der Waals surface area contributed by atoms with Crippen LogP contribution in [0, 0.1) is 0 Å². The van der Waals surface area contributed by atoms with Gasteiger partial charge in [-0.25, -0.2) is 4.98 Å². The van der Waals surface area contributed by atoms with Crippen LogP contribution in [0.25, 0.3) is 22.5 Å². The molecule has 1 aliphatic carbocycles. The molecule has 7 heteroatoms. The van der Waals surface area contributed by atoms with E-state index in [0.29, 0.717) is 29.8 Å². The minimum absolute atomic E-state index is 0.102. The molecule has 2 heterocycles. The van der Waals surface area contributed by atoms with E-state index < -0.39 is 5.91 Å². The lowest BCUT2D eigenvalue weighted by Crippen LogP contribution is -2.41. The third-order valence-corrected chi connectivity index (χ3v) is 6.27. The first-order valence-corrected chi connectivity index (χ1v) is 11.2. The summed E-state index contributed by atoms with van der Waals surface area (Å²) < 4.78 is 5.36. The number of amides is 2. The average Bonchev–Trinajstić information content (AvgIpc) is 3.22. The molecule has 0 unspecified atom stereocenters. The van der Waals surface area contributed by atoms with Gasteiger partial charge in [-0.15, -0.1) is 0 Å². The van der Waals surface area contributed by atoms with Crippen LogP contribution in [0.1, 0.15) is 31.8 Å². The number of ether oxygens (including phenoxy) is 1. The van der Waals surface area contributed by atoms with Gasteiger partial charge < -0.3 is 15.8 Å². The Balaban J connectivity index is 1.37. The van der Waals surface area contributed by atoms with Crippen molar-refractivity contribution >= 4 is 11.8 Å². The highest BCUT2D eigenvalue weighted by Gasteiger charge is 2.27. The molecular formula is C26H26N4O3. The summed E-state index contributed by atoms with van der Waals surface area (Å²) in [6.07, 6.45) is 0.528. The van der Waals surface area contributed by atoms with Crippen molar-refractivity contribution in [3.05, 3.63) is 76.9 Å². The minimum Gasteiger partial charge on any atom is -0.379 e. The molecule has 2 aliphatic rings. The summed E-state index contributed by atoms with van der Waals surface area (Å²) in [5.41, 5.74) is 11.9. The van der Waals surface area contributed by atoms with Gasteiger partial charge in [0.1, 0.15) is 0 Å². The fourth-order valence-corrected chi connectivity index (χ4v) is 4.51. The van der Waals surface area contributed by atoms with Crippen molar-refractivity contribution in [2.75, 3.05) is 39.4 Å². The number of morpholine rings is 1. The molecule has 168 valence electrons. The molecule has 1 saturated heterocycles. The zero-order valence-electron chi connectivity index (χ0n) is 18.3. The quantitative estimate of drug-likeness (QED) is 0.478. The van der Waals surface area contributed by atoms with Gasteiger partial charge in [-0.05, 0) is 29.3 Å². The van der Waals surface area contributed by atoms with Crippen molar-refractivity contribution in [3.63, 3.8) is 0 Å². The van der Waals surface area contributed by atoms with E-state index in [1.54, 1.807) is 6.07 Å². The van der Waals surface area contributed by atoms with Gasteiger partial charge in [-0.3, -0.25) is 14.5 Å². The molecule has 1 aromatic heterocycles. The third-order valence-electron chi connectivity index (χ3n) is 6.27. The maximum Gasteiger partial charge on any atom is 0.251 e. The van der Waals surface area contributed by atoms with Gasteiger partial charge in [0.2, 0.25) is 5.91 Å². The van der Waals surface area contributed by atoms with E-state index in [9.17, 15) is 9.59 Å². The summed E-state index contributed by atoms with van der Waals surface area (Å²) >= 11 is 0. The number of carbonyl (C=O) groups is 2. The van der Waals surface area contributed by atoms with Crippen molar-refractivity contribution < 1.29 is 14.3 Å². The number of primary amides is 1. The number of fused-ring (bicyclic) bond motifs is 3. The maximum atomic E-state index is 12.7. The van der Waals surface area contributed by atoms with Crippen LogP contribution in [0.2, 0.25) is 0 Å². The smallest absolute Gasteiger partial charge is 0.251 e. The number of carbonyl (C=O) groups excluding carboxylic acids is 2. The number of nitrogens with zero attached hydrogens (tertiary/aromatic N) is 2. The second-order valence-electron chi connectivity index (χ2n) is 8.37. The van der Waals surface area contributed by atoms with E-state index in [4.69, 9.17) is 15.5 Å². The lowest BCUT2D eigenvalue weighted by Gasteiger charge is -2.26. The summed E-state index contributed by atoms with van der Waals surface area (Å²) in [7, 11) is 0. The highest BCUT2D eigenvalue weighted by molar-refractivity contribution is 6.00. The molecule has 3 N–H and O–H groups in total. The van der Waals surface area contributed by atoms with Gasteiger partial charge >= 0.3 is 0 Å². The standard InChI is InChI=1S/C26H26N4O3/c27-25(31)22-16-23(17-4-2-1-3-5-17)29-24-20-7-6-18(14-19(20)15-21(22)24)26(32)28-8-9-30-10-12-33-13-11-30/h1-7,14,16H,8-13,15H2,(H2,27,31)(H,28,32). The van der Waals surface area contributed by atoms with Crippen LogP contribution >= 0.6 is 0 Å². The van der Waals surface area contributed by atoms with E-state index in [1.807, 2.05) is 48.5 Å². The molecule has 3 aromatic rings. The van der Waals surface area contributed by atoms with E-state index in [2.05, 4.69) is 10.2 Å². The Morgan fingerprint density at radius 1 is 1.06 bits per heavy atom. The number of nitrogens with one attached hydrogen (secondary N) is 1. The van der Waals surface area contributed by atoms with E-state index in [1.165, 1.54) is 0 Å². The SMILES string of the molecule is NC(=O)c1cc(-c2ccccc2)nc2c1Cc1cc(C(=O)NCCN3CCOCC3)ccc1-2. The number of hydrogen-bond donors (Lipinski definition) is 2. The molecular weight excluding hydrogens is 416 g/mol. The summed E-state index contributed by atoms with van der Waals surface area (Å²) in [6, 6.07) is 17.1. The van der Waals surface area contributed by atoms with E-state index in [-0.39, 0.29) is 5.91 Å². The van der Waals surface area contributed by atoms with Crippen LogP contribution in [-0.4, -0.2) is 61.1 Å². The van der Waals surface area contributed by atoms with Crippen molar-refractivity contribution in [3.8, 4) is 22.5 Å². The predicted molar refractivity (Wildman–Crippen MR) is 126 cm³/mol. The van der Waals surface area contributed by atoms with Crippen molar-refractivity contribution in [1.29, 1.82) is 0 Å². The molecule has 1 fully saturated rings. The Kier molecular flexibility index (Phi) is 5.90. The monoisotopic (exact) mass is 442 g/mol. The molecule has 0 atom stereocenters. The Morgan fingerprint density at radius 2 is 1.85 bits per heavy atom. The zero-order valence-corrected chi connectivity index (χ0v) is 18.3. The fourth-order valence-electron chi connectivity index (χ4n) is 4.51. The number of benzene rings is 2. The Hall–Kier alpha value is -3.55. The highest BCUT2D eigenvalue weighted by atomic mass is 16.5. The third kappa shape index (κ3) is 4.37. The topological polar surface area (TPSA) is 97.6 Å². The van der Waals surface area contributed by atoms with Gasteiger partial charge in [-0.2, -0.15) is 0 Å². The van der Waals surface area contributed by atoms with Gasteiger partial charge in [0, 0.05) is 54.9 Å². The number of rotatable bonds is 6. The molecule has 1 aliphatic heterocycles. The number of pyridine rings is 1. The first kappa shape index (κ1) is 21.3. The average molecular weight is 443 g/mol. The lowest BCUT2D eigenvalue weighted by molar-refractivity contribution is 0.0383. The van der Waals surface area contributed by atoms with Crippen LogP contribution in [0.15, 0.2) is 54.6 Å². The van der Waals surface area contributed by atoms with E-state index in [0.717, 1.165) is 60.8 Å². The molecule has 0 radical (unpaired) electrons. The van der Waals surface area contributed by atoms with Crippen molar-refractivity contribution in [1.82, 2.24) is 15.2 Å². The molecule has 2 aromatic carbocycles. The Labute approximate surface area is 192 Å².